The van der Waals surface area contributed by atoms with Crippen LogP contribution in [0.2, 0.25) is 0 Å². The van der Waals surface area contributed by atoms with Crippen molar-refractivity contribution in [2.75, 3.05) is 0 Å². The first-order valence-electron chi connectivity index (χ1n) is 5.52. The zero-order valence-electron chi connectivity index (χ0n) is 9.48. The number of rotatable bonds is 1. The molecule has 18 heavy (non-hydrogen) atoms. The van der Waals surface area contributed by atoms with Crippen LogP contribution in [0.15, 0.2) is 22.8 Å². The first kappa shape index (κ1) is 13.2. The number of hydrogen-bond acceptors (Lipinski definition) is 4. The highest BCUT2D eigenvalue weighted by molar-refractivity contribution is 7.73. The van der Waals surface area contributed by atoms with Crippen LogP contribution in [0.5, 0.6) is 0 Å². The minimum absolute atomic E-state index is 0.00701. The highest BCUT2D eigenvalue weighted by Crippen LogP contribution is 2.33. The molecule has 0 aromatic rings. The van der Waals surface area contributed by atoms with Crippen molar-refractivity contribution in [2.45, 2.75) is 25.7 Å². The minimum atomic E-state index is -2.28. The number of halogens is 1. The second kappa shape index (κ2) is 5.20. The summed E-state index contributed by atoms with van der Waals surface area (Å²) in [6.45, 7) is 0. The molecule has 0 heterocycles. The molecule has 0 radical (unpaired) electrons. The Morgan fingerprint density at radius 3 is 2.17 bits per heavy atom. The third-order valence-electron chi connectivity index (χ3n) is 3.09. The van der Waals surface area contributed by atoms with Gasteiger partial charge in [-0.1, -0.05) is 17.7 Å². The number of carbonyl (C=O) groups is 2. The number of carbonyl (C=O) groups excluding carboxylic acids is 2. The van der Waals surface area contributed by atoms with Crippen molar-refractivity contribution in [3.05, 3.63) is 22.8 Å². The fourth-order valence-corrected chi connectivity index (χ4v) is 3.15. The Balaban J connectivity index is 2.28. The lowest BCUT2D eigenvalue weighted by atomic mass is 9.80. The van der Waals surface area contributed by atoms with Crippen LogP contribution < -0.4 is 0 Å². The molecule has 0 spiro atoms. The van der Waals surface area contributed by atoms with Gasteiger partial charge in [-0.3, -0.25) is 9.59 Å². The predicted molar refractivity (Wildman–Crippen MR) is 67.9 cm³/mol. The van der Waals surface area contributed by atoms with Gasteiger partial charge in [0.15, 0.2) is 0 Å². The predicted octanol–water partition coefficient (Wildman–Crippen LogP) is 1.43. The van der Waals surface area contributed by atoms with E-state index in [-0.39, 0.29) is 35.2 Å². The van der Waals surface area contributed by atoms with Crippen molar-refractivity contribution in [1.29, 1.82) is 0 Å². The Labute approximate surface area is 111 Å². The molecule has 0 amide bonds. The molecule has 0 bridgehead atoms. The Bertz CT molecular complexity index is 586. The van der Waals surface area contributed by atoms with E-state index in [2.05, 4.69) is 0 Å². The van der Waals surface area contributed by atoms with Gasteiger partial charge in [0, 0.05) is 24.3 Å². The summed E-state index contributed by atoms with van der Waals surface area (Å²) >= 11 is 6.06. The van der Waals surface area contributed by atoms with E-state index in [1.54, 1.807) is 6.08 Å². The summed E-state index contributed by atoms with van der Waals surface area (Å²) < 4.78 is 21.6. The normalized spacial score (nSPS) is 21.7. The van der Waals surface area contributed by atoms with E-state index in [0.717, 1.165) is 0 Å². The maximum absolute atomic E-state index is 11.4. The van der Waals surface area contributed by atoms with E-state index in [1.165, 1.54) is 6.08 Å². The van der Waals surface area contributed by atoms with Crippen molar-refractivity contribution in [2.24, 2.45) is 5.92 Å². The monoisotopic (exact) mass is 286 g/mol. The van der Waals surface area contributed by atoms with E-state index < -0.39 is 10.3 Å². The molecular formula is C12H11ClO4S. The number of hydrogen-bond donors (Lipinski definition) is 0. The lowest BCUT2D eigenvalue weighted by Crippen LogP contribution is -2.24. The Morgan fingerprint density at radius 1 is 1.06 bits per heavy atom. The summed E-state index contributed by atoms with van der Waals surface area (Å²) in [6.07, 6.45) is 3.84. The van der Waals surface area contributed by atoms with Crippen LogP contribution in [0, 0.1) is 5.92 Å². The molecule has 0 aromatic carbocycles. The molecule has 96 valence electrons. The standard InChI is InChI=1S/C12H11ClO4S/c13-12-6-10(18(16)17)1-2-11(12)7-3-8(14)5-9(15)4-7/h1-2,7H,3-6H2. The summed E-state index contributed by atoms with van der Waals surface area (Å²) in [5.41, 5.74) is 0.715. The van der Waals surface area contributed by atoms with Gasteiger partial charge in [-0.2, -0.15) is 8.42 Å². The summed E-state index contributed by atoms with van der Waals surface area (Å²) in [7, 11) is -2.28. The quantitative estimate of drug-likeness (QED) is 0.540. The largest absolute Gasteiger partial charge is 0.299 e. The van der Waals surface area contributed by atoms with Gasteiger partial charge in [0.05, 0.1) is 11.3 Å². The van der Waals surface area contributed by atoms with Crippen molar-refractivity contribution in [3.63, 3.8) is 0 Å². The SMILES string of the molecule is O=C1CC(=O)CC(C2=C(Cl)CC(=S(=O)=O)C=C2)C1. The molecule has 1 fully saturated rings. The molecule has 2 rings (SSSR count). The Hall–Kier alpha value is -1.20. The van der Waals surface area contributed by atoms with Crippen LogP contribution in [0.3, 0.4) is 0 Å². The molecule has 0 unspecified atom stereocenters. The molecule has 0 aliphatic heterocycles. The van der Waals surface area contributed by atoms with Gasteiger partial charge >= 0.3 is 0 Å². The number of Topliss-reactive ketones (excluding diaryl/α,β-unsaturated/α-hetero) is 2. The van der Waals surface area contributed by atoms with Gasteiger partial charge in [0.25, 0.3) is 0 Å². The van der Waals surface area contributed by atoms with Crippen LogP contribution in [0.25, 0.3) is 0 Å². The summed E-state index contributed by atoms with van der Waals surface area (Å²) in [4.78, 5) is 23.0. The lowest BCUT2D eigenvalue weighted by Gasteiger charge is -2.24. The van der Waals surface area contributed by atoms with Gasteiger partial charge in [-0.25, -0.2) is 0 Å². The minimum Gasteiger partial charge on any atom is -0.299 e. The van der Waals surface area contributed by atoms with Gasteiger partial charge in [-0.05, 0) is 17.6 Å². The molecule has 2 aliphatic carbocycles. The number of allylic oxidation sites excluding steroid dienone is 4. The first-order valence-corrected chi connectivity index (χ1v) is 6.97. The molecule has 0 atom stereocenters. The first-order chi connectivity index (χ1) is 8.47. The zero-order valence-corrected chi connectivity index (χ0v) is 11.1. The second-order valence-corrected chi connectivity index (χ2v) is 5.88. The maximum atomic E-state index is 11.4. The summed E-state index contributed by atoms with van der Waals surface area (Å²) in [5, 5.41) is 0.407. The number of ketones is 2. The highest BCUT2D eigenvalue weighted by Gasteiger charge is 2.29. The van der Waals surface area contributed by atoms with Crippen molar-refractivity contribution >= 4 is 38.3 Å². The summed E-state index contributed by atoms with van der Waals surface area (Å²) in [6, 6.07) is 0. The van der Waals surface area contributed by atoms with Crippen molar-refractivity contribution in [3.8, 4) is 0 Å². The average Bonchev–Trinajstić information content (AvgIpc) is 2.27. The van der Waals surface area contributed by atoms with Crippen LogP contribution in [-0.4, -0.2) is 24.8 Å². The fourth-order valence-electron chi connectivity index (χ4n) is 2.27. The van der Waals surface area contributed by atoms with Gasteiger partial charge in [-0.15, -0.1) is 0 Å². The van der Waals surface area contributed by atoms with Crippen LogP contribution in [0.1, 0.15) is 25.7 Å². The molecule has 0 N–H and O–H groups in total. The summed E-state index contributed by atoms with van der Waals surface area (Å²) in [5.74, 6) is -0.364. The smallest absolute Gasteiger partial charge is 0.217 e. The lowest BCUT2D eigenvalue weighted by molar-refractivity contribution is -0.130. The topological polar surface area (TPSA) is 68.3 Å². The molecule has 2 aliphatic rings. The molecular weight excluding hydrogens is 276 g/mol. The third kappa shape index (κ3) is 2.79. The third-order valence-corrected chi connectivity index (χ3v) is 4.15. The van der Waals surface area contributed by atoms with E-state index in [4.69, 9.17) is 11.6 Å². The fraction of sp³-hybridized carbons (Fsp3) is 0.417. The van der Waals surface area contributed by atoms with E-state index in [1.807, 2.05) is 0 Å². The second-order valence-electron chi connectivity index (χ2n) is 4.43. The Kier molecular flexibility index (Phi) is 3.82. The highest BCUT2D eigenvalue weighted by atomic mass is 35.5. The molecule has 6 heteroatoms. The van der Waals surface area contributed by atoms with Gasteiger partial charge in [0.2, 0.25) is 10.3 Å². The van der Waals surface area contributed by atoms with E-state index >= 15 is 0 Å². The molecule has 1 saturated carbocycles. The van der Waals surface area contributed by atoms with Crippen LogP contribution in [-0.2, 0) is 19.9 Å². The van der Waals surface area contributed by atoms with Gasteiger partial charge in [0.1, 0.15) is 11.6 Å². The van der Waals surface area contributed by atoms with Crippen LogP contribution >= 0.6 is 11.6 Å². The molecule has 0 aromatic heterocycles. The maximum Gasteiger partial charge on any atom is 0.217 e. The Morgan fingerprint density at radius 2 is 1.67 bits per heavy atom. The average molecular weight is 287 g/mol. The molecule has 0 saturated heterocycles. The van der Waals surface area contributed by atoms with Crippen molar-refractivity contribution < 1.29 is 18.0 Å². The zero-order chi connectivity index (χ0) is 13.3. The van der Waals surface area contributed by atoms with Gasteiger partial charge < -0.3 is 0 Å². The van der Waals surface area contributed by atoms with E-state index in [9.17, 15) is 18.0 Å². The van der Waals surface area contributed by atoms with Crippen LogP contribution in [0.4, 0.5) is 0 Å². The molecule has 4 nitrogen and oxygen atoms in total. The van der Waals surface area contributed by atoms with E-state index in [0.29, 0.717) is 23.4 Å². The van der Waals surface area contributed by atoms with Crippen molar-refractivity contribution in [1.82, 2.24) is 0 Å².